The number of hydrogen-bond acceptors (Lipinski definition) is 6. The first-order valence-corrected chi connectivity index (χ1v) is 9.81. The van der Waals surface area contributed by atoms with Crippen molar-refractivity contribution in [1.29, 1.82) is 0 Å². The number of anilines is 1. The van der Waals surface area contributed by atoms with E-state index in [2.05, 4.69) is 29.1 Å². The minimum Gasteiger partial charge on any atom is -0.489 e. The Morgan fingerprint density at radius 2 is 2.25 bits per heavy atom. The minimum absolute atomic E-state index is 0.212. The molecule has 8 heteroatoms. The molecular weight excluding hydrogens is 385 g/mol. The molecule has 0 spiro atoms. The van der Waals surface area contributed by atoms with Gasteiger partial charge in [-0.05, 0) is 25.0 Å². The molecular formula is C20H23ClFN3O3. The molecule has 0 saturated carbocycles. The first kappa shape index (κ1) is 19.4. The molecule has 3 atom stereocenters. The van der Waals surface area contributed by atoms with Gasteiger partial charge in [-0.2, -0.15) is 0 Å². The van der Waals surface area contributed by atoms with Crippen LogP contribution < -0.4 is 10.1 Å². The lowest BCUT2D eigenvalue weighted by atomic mass is 9.81. The van der Waals surface area contributed by atoms with Crippen LogP contribution in [0.3, 0.4) is 0 Å². The number of hydrogen-bond donors (Lipinski definition) is 2. The van der Waals surface area contributed by atoms with Crippen LogP contribution in [0, 0.1) is 5.82 Å². The number of nitrogens with zero attached hydrogens (tertiary/aromatic N) is 2. The van der Waals surface area contributed by atoms with E-state index in [-0.39, 0.29) is 18.1 Å². The average Bonchev–Trinajstić information content (AvgIpc) is 3.03. The first-order chi connectivity index (χ1) is 13.4. The summed E-state index contributed by atoms with van der Waals surface area (Å²) in [5.41, 5.74) is 1.59. The highest BCUT2D eigenvalue weighted by Gasteiger charge is 2.37. The standard InChI is InChI=1S/C20H23ClFN3O3/c1-3-20(2)10-28-18-12(20)6-11(7-14(18)22)17-13(21)8-23-19(25-17)24-15-4-5-27-9-16(15)26/h6-8,15-16,26H,3-5,9-10H2,1-2H3,(H,23,24,25)/t15-,16-,20-/m1/s1. The number of halogens is 2. The number of benzene rings is 1. The van der Waals surface area contributed by atoms with Crippen molar-refractivity contribution in [2.75, 3.05) is 25.1 Å². The van der Waals surface area contributed by atoms with Crippen LogP contribution in [0.5, 0.6) is 5.75 Å². The van der Waals surface area contributed by atoms with E-state index in [1.54, 1.807) is 0 Å². The van der Waals surface area contributed by atoms with E-state index < -0.39 is 11.9 Å². The quantitative estimate of drug-likeness (QED) is 0.807. The molecule has 1 aromatic carbocycles. The molecule has 150 valence electrons. The van der Waals surface area contributed by atoms with Gasteiger partial charge in [0.15, 0.2) is 11.6 Å². The van der Waals surface area contributed by atoms with E-state index >= 15 is 0 Å². The zero-order valence-electron chi connectivity index (χ0n) is 15.8. The fourth-order valence-corrected chi connectivity index (χ4v) is 3.82. The Balaban J connectivity index is 1.70. The van der Waals surface area contributed by atoms with Gasteiger partial charge < -0.3 is 19.9 Å². The van der Waals surface area contributed by atoms with Crippen molar-refractivity contribution in [2.24, 2.45) is 0 Å². The average molecular weight is 408 g/mol. The number of ether oxygens (including phenoxy) is 2. The second kappa shape index (κ2) is 7.46. The lowest BCUT2D eigenvalue weighted by Gasteiger charge is -2.28. The van der Waals surface area contributed by atoms with E-state index in [0.29, 0.717) is 47.6 Å². The smallest absolute Gasteiger partial charge is 0.223 e. The van der Waals surface area contributed by atoms with Gasteiger partial charge in [0.05, 0.1) is 42.3 Å². The van der Waals surface area contributed by atoms with Gasteiger partial charge in [-0.1, -0.05) is 25.4 Å². The van der Waals surface area contributed by atoms with Crippen molar-refractivity contribution in [2.45, 2.75) is 44.2 Å². The van der Waals surface area contributed by atoms with Crippen LogP contribution in [0.15, 0.2) is 18.3 Å². The molecule has 6 nitrogen and oxygen atoms in total. The molecule has 0 unspecified atom stereocenters. The largest absolute Gasteiger partial charge is 0.489 e. The van der Waals surface area contributed by atoms with Gasteiger partial charge in [0.1, 0.15) is 0 Å². The van der Waals surface area contributed by atoms with Crippen LogP contribution in [-0.2, 0) is 10.2 Å². The third-order valence-electron chi connectivity index (χ3n) is 5.67. The summed E-state index contributed by atoms with van der Waals surface area (Å²) in [6.45, 7) is 5.39. The van der Waals surface area contributed by atoms with Gasteiger partial charge in [0.25, 0.3) is 0 Å². The maximum Gasteiger partial charge on any atom is 0.223 e. The highest BCUT2D eigenvalue weighted by Crippen LogP contribution is 2.44. The van der Waals surface area contributed by atoms with Crippen molar-refractivity contribution in [3.63, 3.8) is 0 Å². The Bertz CT molecular complexity index is 897. The molecule has 28 heavy (non-hydrogen) atoms. The highest BCUT2D eigenvalue weighted by molar-refractivity contribution is 6.32. The van der Waals surface area contributed by atoms with E-state index in [9.17, 15) is 9.50 Å². The predicted octanol–water partition coefficient (Wildman–Crippen LogP) is 3.56. The van der Waals surface area contributed by atoms with Gasteiger partial charge in [-0.15, -0.1) is 0 Å². The van der Waals surface area contributed by atoms with E-state index in [1.165, 1.54) is 12.3 Å². The molecule has 0 radical (unpaired) electrons. The van der Waals surface area contributed by atoms with Crippen LogP contribution in [0.25, 0.3) is 11.3 Å². The summed E-state index contributed by atoms with van der Waals surface area (Å²) in [5, 5.41) is 13.5. The summed E-state index contributed by atoms with van der Waals surface area (Å²) in [5.74, 6) is 0.219. The third-order valence-corrected chi connectivity index (χ3v) is 5.94. The summed E-state index contributed by atoms with van der Waals surface area (Å²) >= 11 is 6.33. The Morgan fingerprint density at radius 1 is 1.43 bits per heavy atom. The molecule has 3 heterocycles. The number of aliphatic hydroxyl groups is 1. The van der Waals surface area contributed by atoms with Gasteiger partial charge >= 0.3 is 0 Å². The Morgan fingerprint density at radius 3 is 3.00 bits per heavy atom. The second-order valence-electron chi connectivity index (χ2n) is 7.61. The van der Waals surface area contributed by atoms with E-state index in [0.717, 1.165) is 12.0 Å². The molecule has 1 fully saturated rings. The Labute approximate surface area is 168 Å². The number of fused-ring (bicyclic) bond motifs is 1. The van der Waals surface area contributed by atoms with Crippen LogP contribution >= 0.6 is 11.6 Å². The van der Waals surface area contributed by atoms with Gasteiger partial charge in [-0.3, -0.25) is 0 Å². The lowest BCUT2D eigenvalue weighted by Crippen LogP contribution is -2.42. The van der Waals surface area contributed by atoms with Crippen molar-refractivity contribution >= 4 is 17.5 Å². The van der Waals surface area contributed by atoms with Crippen LogP contribution in [0.1, 0.15) is 32.3 Å². The summed E-state index contributed by atoms with van der Waals surface area (Å²) in [6.07, 6.45) is 2.31. The highest BCUT2D eigenvalue weighted by atomic mass is 35.5. The summed E-state index contributed by atoms with van der Waals surface area (Å²) in [6, 6.07) is 3.08. The van der Waals surface area contributed by atoms with E-state index in [4.69, 9.17) is 21.1 Å². The molecule has 0 bridgehead atoms. The minimum atomic E-state index is -0.642. The molecule has 1 saturated heterocycles. The molecule has 1 aromatic heterocycles. The first-order valence-electron chi connectivity index (χ1n) is 9.43. The Hall–Kier alpha value is -1.96. The fourth-order valence-electron chi connectivity index (χ4n) is 3.62. The maximum atomic E-state index is 14.7. The van der Waals surface area contributed by atoms with Crippen LogP contribution in [0.2, 0.25) is 5.02 Å². The van der Waals surface area contributed by atoms with Gasteiger partial charge in [0.2, 0.25) is 5.95 Å². The van der Waals surface area contributed by atoms with Crippen molar-refractivity contribution in [1.82, 2.24) is 9.97 Å². The molecule has 0 amide bonds. The van der Waals surface area contributed by atoms with Crippen LogP contribution in [-0.4, -0.2) is 47.0 Å². The lowest BCUT2D eigenvalue weighted by molar-refractivity contribution is -0.0136. The van der Waals surface area contributed by atoms with Crippen LogP contribution in [0.4, 0.5) is 10.3 Å². The normalized spacial score (nSPS) is 26.6. The van der Waals surface area contributed by atoms with E-state index in [1.807, 2.05) is 6.07 Å². The predicted molar refractivity (Wildman–Crippen MR) is 104 cm³/mol. The van der Waals surface area contributed by atoms with Crippen molar-refractivity contribution < 1.29 is 19.0 Å². The molecule has 0 aliphatic carbocycles. The van der Waals surface area contributed by atoms with Crippen molar-refractivity contribution in [3.8, 4) is 17.0 Å². The summed E-state index contributed by atoms with van der Waals surface area (Å²) < 4.78 is 25.5. The summed E-state index contributed by atoms with van der Waals surface area (Å²) in [7, 11) is 0. The second-order valence-corrected chi connectivity index (χ2v) is 8.02. The monoisotopic (exact) mass is 407 g/mol. The molecule has 4 rings (SSSR count). The fraction of sp³-hybridized carbons (Fsp3) is 0.500. The molecule has 2 aliphatic heterocycles. The summed E-state index contributed by atoms with van der Waals surface area (Å²) in [4.78, 5) is 8.71. The Kier molecular flexibility index (Phi) is 5.16. The number of rotatable bonds is 4. The topological polar surface area (TPSA) is 76.5 Å². The molecule has 2 N–H and O–H groups in total. The number of aliphatic hydroxyl groups excluding tert-OH is 1. The number of aromatic nitrogens is 2. The van der Waals surface area contributed by atoms with Crippen molar-refractivity contribution in [3.05, 3.63) is 34.7 Å². The SMILES string of the molecule is CC[C@]1(C)COc2c(F)cc(-c3nc(N[C@@H]4CCOC[C@H]4O)ncc3Cl)cc21. The van der Waals surface area contributed by atoms with Gasteiger partial charge in [-0.25, -0.2) is 14.4 Å². The molecule has 2 aliphatic rings. The maximum absolute atomic E-state index is 14.7. The number of nitrogens with one attached hydrogen (secondary N) is 1. The molecule has 2 aromatic rings. The van der Waals surface area contributed by atoms with Gasteiger partial charge in [0, 0.05) is 23.1 Å². The zero-order chi connectivity index (χ0) is 19.9. The zero-order valence-corrected chi connectivity index (χ0v) is 16.6. The third kappa shape index (κ3) is 3.43.